The maximum Gasteiger partial charge on any atom is 0.308 e. The van der Waals surface area contributed by atoms with Crippen molar-refractivity contribution in [3.05, 3.63) is 60.0 Å². The first-order chi connectivity index (χ1) is 20.7. The molecule has 0 saturated carbocycles. The molecule has 1 amide bonds. The summed E-state index contributed by atoms with van der Waals surface area (Å²) in [4.78, 5) is 36.0. The van der Waals surface area contributed by atoms with Gasteiger partial charge in [0, 0.05) is 45.3 Å². The summed E-state index contributed by atoms with van der Waals surface area (Å²) in [6.45, 7) is 11.7. The monoisotopic (exact) mass is 588 g/mol. The van der Waals surface area contributed by atoms with Gasteiger partial charge in [-0.1, -0.05) is 50.2 Å². The number of benzene rings is 1. The number of likely N-dealkylation sites (tertiary alicyclic amines) is 2. The largest absolute Gasteiger partial charge is 0.481 e. The number of carboxylic acid groups (broad SMARTS) is 1. The fraction of sp³-hybridized carbons (Fsp3) is 0.576. The maximum atomic E-state index is 13.4. The van der Waals surface area contributed by atoms with Crippen LogP contribution in [-0.4, -0.2) is 98.9 Å². The van der Waals surface area contributed by atoms with E-state index in [0.717, 1.165) is 55.8 Å². The minimum atomic E-state index is -0.701. The Morgan fingerprint density at radius 1 is 1.00 bits per heavy atom. The summed E-state index contributed by atoms with van der Waals surface area (Å²) >= 11 is 0. The van der Waals surface area contributed by atoms with E-state index in [-0.39, 0.29) is 35.2 Å². The van der Waals surface area contributed by atoms with Crippen molar-refractivity contribution in [2.24, 2.45) is 17.8 Å². The van der Waals surface area contributed by atoms with Gasteiger partial charge in [-0.25, -0.2) is 9.50 Å². The first-order valence-electron chi connectivity index (χ1n) is 15.7. The zero-order valence-electron chi connectivity index (χ0n) is 25.6. The Balaban J connectivity index is 0.000000491. The number of ether oxygens (including phenoxy) is 1. The highest BCUT2D eigenvalue weighted by Gasteiger charge is 2.48. The van der Waals surface area contributed by atoms with Crippen LogP contribution >= 0.6 is 0 Å². The summed E-state index contributed by atoms with van der Waals surface area (Å²) in [5, 5.41) is 14.1. The van der Waals surface area contributed by atoms with Crippen LogP contribution in [-0.2, 0) is 9.53 Å². The lowest BCUT2D eigenvalue weighted by atomic mass is 9.87. The summed E-state index contributed by atoms with van der Waals surface area (Å²) in [5.74, 6) is -0.0276. The van der Waals surface area contributed by atoms with Gasteiger partial charge in [0.25, 0.3) is 5.91 Å². The number of aromatic nitrogens is 3. The van der Waals surface area contributed by atoms with Gasteiger partial charge in [0.2, 0.25) is 5.82 Å². The minimum absolute atomic E-state index is 0.124. The van der Waals surface area contributed by atoms with Crippen molar-refractivity contribution in [1.29, 1.82) is 0 Å². The smallest absolute Gasteiger partial charge is 0.308 e. The Labute approximate surface area is 253 Å². The third kappa shape index (κ3) is 6.26. The van der Waals surface area contributed by atoms with Gasteiger partial charge < -0.3 is 19.6 Å². The standard InChI is InChI=1S/C27H38N6O4.C6H6/c1-17-4-7-31(12-17)20-10-18(2)24-28-23(29-33(24)14-20)25(34)30-8-5-27(6-9-30)11-21(16-37-27)32-13-19(3)22(15-32)26(35)36;1-2-4-6-5-3-1/h10,14,17,19,21-22H,4-9,11-13,15-16H2,1-3H3,(H,35,36);1-6H. The predicted molar refractivity (Wildman–Crippen MR) is 164 cm³/mol. The highest BCUT2D eigenvalue weighted by Crippen LogP contribution is 2.40. The van der Waals surface area contributed by atoms with Gasteiger partial charge in [-0.3, -0.25) is 14.5 Å². The molecule has 4 unspecified atom stereocenters. The van der Waals surface area contributed by atoms with Gasteiger partial charge in [-0.05, 0) is 56.1 Å². The number of piperidine rings is 1. The Hall–Kier alpha value is -3.50. The lowest BCUT2D eigenvalue weighted by molar-refractivity contribution is -0.142. The van der Waals surface area contributed by atoms with Crippen LogP contribution in [0.2, 0.25) is 0 Å². The quantitative estimate of drug-likeness (QED) is 0.488. The third-order valence-electron chi connectivity index (χ3n) is 9.88. The van der Waals surface area contributed by atoms with Crippen molar-refractivity contribution >= 4 is 23.2 Å². The minimum Gasteiger partial charge on any atom is -0.481 e. The number of pyridine rings is 1. The second-order valence-electron chi connectivity index (χ2n) is 13.1. The number of carboxylic acids is 1. The SMILES string of the molecule is Cc1cc(N2CCC(C)C2)cn2nc(C(=O)N3CCC4(CC3)CC(N3CC(C)C(C(=O)O)C3)CO4)nc12.c1ccccc1. The number of rotatable bonds is 4. The molecule has 3 aromatic rings. The lowest BCUT2D eigenvalue weighted by Gasteiger charge is -2.38. The molecule has 0 aliphatic carbocycles. The van der Waals surface area contributed by atoms with E-state index in [1.807, 2.05) is 61.3 Å². The van der Waals surface area contributed by atoms with Gasteiger partial charge in [0.1, 0.15) is 0 Å². The van der Waals surface area contributed by atoms with Crippen molar-refractivity contribution in [2.45, 2.75) is 58.1 Å². The normalized spacial score (nSPS) is 27.0. The van der Waals surface area contributed by atoms with Gasteiger partial charge in [0.15, 0.2) is 5.65 Å². The molecule has 4 saturated heterocycles. The average Bonchev–Trinajstić information content (AvgIpc) is 3.81. The number of nitrogens with zero attached hydrogens (tertiary/aromatic N) is 6. The van der Waals surface area contributed by atoms with E-state index in [0.29, 0.717) is 32.2 Å². The van der Waals surface area contributed by atoms with Gasteiger partial charge in [-0.2, -0.15) is 0 Å². The molecule has 7 rings (SSSR count). The number of carbonyl (C=O) groups excluding carboxylic acids is 1. The topological polar surface area (TPSA) is 104 Å². The molecule has 1 N–H and O–H groups in total. The maximum absolute atomic E-state index is 13.4. The van der Waals surface area contributed by atoms with Gasteiger partial charge in [-0.15, -0.1) is 5.10 Å². The molecule has 43 heavy (non-hydrogen) atoms. The number of hydrogen-bond donors (Lipinski definition) is 1. The van der Waals surface area contributed by atoms with E-state index >= 15 is 0 Å². The number of anilines is 1. The fourth-order valence-corrected chi connectivity index (χ4v) is 7.23. The Bertz CT molecular complexity index is 1410. The Kier molecular flexibility index (Phi) is 8.42. The molecule has 10 heteroatoms. The van der Waals surface area contributed by atoms with Crippen LogP contribution in [0.5, 0.6) is 0 Å². The molecular weight excluding hydrogens is 544 g/mol. The fourth-order valence-electron chi connectivity index (χ4n) is 7.23. The van der Waals surface area contributed by atoms with Crippen molar-refractivity contribution in [3.63, 3.8) is 0 Å². The summed E-state index contributed by atoms with van der Waals surface area (Å²) in [6, 6.07) is 14.4. The molecule has 6 heterocycles. The first kappa shape index (κ1) is 29.6. The number of hydrogen-bond acceptors (Lipinski definition) is 7. The number of aliphatic carboxylic acids is 1. The summed E-state index contributed by atoms with van der Waals surface area (Å²) in [5.41, 5.74) is 2.66. The number of aryl methyl sites for hydroxylation is 1. The molecule has 4 fully saturated rings. The zero-order valence-corrected chi connectivity index (χ0v) is 25.6. The van der Waals surface area contributed by atoms with Crippen molar-refractivity contribution < 1.29 is 19.4 Å². The molecule has 0 bridgehead atoms. The van der Waals surface area contributed by atoms with Gasteiger partial charge in [0.05, 0.1) is 30.0 Å². The lowest BCUT2D eigenvalue weighted by Crippen LogP contribution is -2.47. The van der Waals surface area contributed by atoms with Crippen LogP contribution in [0.15, 0.2) is 48.7 Å². The first-order valence-corrected chi connectivity index (χ1v) is 15.7. The molecule has 0 radical (unpaired) electrons. The summed E-state index contributed by atoms with van der Waals surface area (Å²) in [6.07, 6.45) is 5.66. The van der Waals surface area contributed by atoms with E-state index in [9.17, 15) is 14.7 Å². The highest BCUT2D eigenvalue weighted by atomic mass is 16.5. The van der Waals surface area contributed by atoms with E-state index in [4.69, 9.17) is 4.74 Å². The Morgan fingerprint density at radius 3 is 2.30 bits per heavy atom. The van der Waals surface area contributed by atoms with E-state index in [2.05, 4.69) is 32.9 Å². The molecule has 2 aromatic heterocycles. The second-order valence-corrected chi connectivity index (χ2v) is 13.1. The third-order valence-corrected chi connectivity index (χ3v) is 9.88. The van der Waals surface area contributed by atoms with Crippen LogP contribution in [0.1, 0.15) is 55.7 Å². The van der Waals surface area contributed by atoms with Crippen LogP contribution < -0.4 is 4.90 Å². The van der Waals surface area contributed by atoms with Crippen LogP contribution in [0.3, 0.4) is 0 Å². The van der Waals surface area contributed by atoms with Crippen LogP contribution in [0.25, 0.3) is 5.65 Å². The van der Waals surface area contributed by atoms with Crippen molar-refractivity contribution in [3.8, 4) is 0 Å². The molecule has 230 valence electrons. The molecule has 4 aliphatic rings. The molecular formula is C33H44N6O4. The molecule has 4 atom stereocenters. The Morgan fingerprint density at radius 2 is 1.70 bits per heavy atom. The van der Waals surface area contributed by atoms with Crippen LogP contribution in [0, 0.1) is 24.7 Å². The summed E-state index contributed by atoms with van der Waals surface area (Å²) in [7, 11) is 0. The average molecular weight is 589 g/mol. The van der Waals surface area contributed by atoms with E-state index in [1.165, 1.54) is 6.42 Å². The predicted octanol–water partition coefficient (Wildman–Crippen LogP) is 3.99. The second kappa shape index (κ2) is 12.2. The van der Waals surface area contributed by atoms with Crippen molar-refractivity contribution in [2.75, 3.05) is 50.8 Å². The molecule has 10 nitrogen and oxygen atoms in total. The number of fused-ring (bicyclic) bond motifs is 1. The summed E-state index contributed by atoms with van der Waals surface area (Å²) < 4.78 is 8.10. The van der Waals surface area contributed by atoms with E-state index < -0.39 is 5.97 Å². The van der Waals surface area contributed by atoms with Crippen LogP contribution in [0.4, 0.5) is 5.69 Å². The van der Waals surface area contributed by atoms with Crippen molar-refractivity contribution in [1.82, 2.24) is 24.4 Å². The highest BCUT2D eigenvalue weighted by molar-refractivity contribution is 5.91. The number of carbonyl (C=O) groups is 2. The van der Waals surface area contributed by atoms with E-state index in [1.54, 1.807) is 4.52 Å². The molecule has 4 aliphatic heterocycles. The molecule has 1 spiro atoms. The van der Waals surface area contributed by atoms with Gasteiger partial charge >= 0.3 is 5.97 Å². The molecule has 1 aromatic carbocycles. The zero-order chi connectivity index (χ0) is 30.1. The number of amides is 1.